The number of carbonyl (C=O) groups is 1. The molecular formula is C12H17N3O2. The summed E-state index contributed by atoms with van der Waals surface area (Å²) in [5.74, 6) is -0.736. The van der Waals surface area contributed by atoms with Crippen molar-refractivity contribution in [3.63, 3.8) is 0 Å². The van der Waals surface area contributed by atoms with Crippen molar-refractivity contribution < 1.29 is 9.90 Å². The predicted octanol–water partition coefficient (Wildman–Crippen LogP) is 1.48. The van der Waals surface area contributed by atoms with Gasteiger partial charge in [-0.25, -0.2) is 0 Å². The number of likely N-dealkylation sites (tertiary alicyclic amines) is 1. The minimum atomic E-state index is -0.736. The average Bonchev–Trinajstić information content (AvgIpc) is 2.39. The van der Waals surface area contributed by atoms with E-state index in [0.717, 1.165) is 31.5 Å². The molecule has 1 N–H and O–H groups in total. The van der Waals surface area contributed by atoms with Gasteiger partial charge in [0.25, 0.3) is 0 Å². The number of carboxylic acids is 1. The monoisotopic (exact) mass is 235 g/mol. The molecule has 17 heavy (non-hydrogen) atoms. The molecule has 0 saturated carbocycles. The van der Waals surface area contributed by atoms with E-state index in [0.29, 0.717) is 0 Å². The van der Waals surface area contributed by atoms with Crippen molar-refractivity contribution in [2.45, 2.75) is 38.3 Å². The van der Waals surface area contributed by atoms with Gasteiger partial charge in [0.05, 0.1) is 11.7 Å². The van der Waals surface area contributed by atoms with Crippen molar-refractivity contribution >= 4 is 5.97 Å². The van der Waals surface area contributed by atoms with E-state index in [1.165, 1.54) is 0 Å². The Hall–Kier alpha value is -1.49. The van der Waals surface area contributed by atoms with Gasteiger partial charge in [-0.2, -0.15) is 0 Å². The van der Waals surface area contributed by atoms with Gasteiger partial charge in [-0.05, 0) is 26.3 Å². The zero-order valence-corrected chi connectivity index (χ0v) is 9.91. The molecule has 0 spiro atoms. The Morgan fingerprint density at radius 1 is 1.53 bits per heavy atom. The maximum atomic E-state index is 11.2. The van der Waals surface area contributed by atoms with Gasteiger partial charge in [0.1, 0.15) is 6.04 Å². The molecule has 1 aromatic heterocycles. The first kappa shape index (κ1) is 12.0. The van der Waals surface area contributed by atoms with E-state index in [2.05, 4.69) is 9.97 Å². The lowest BCUT2D eigenvalue weighted by molar-refractivity contribution is -0.145. The van der Waals surface area contributed by atoms with Crippen LogP contribution in [0.4, 0.5) is 0 Å². The first-order valence-corrected chi connectivity index (χ1v) is 5.94. The Kier molecular flexibility index (Phi) is 3.68. The molecule has 0 bridgehead atoms. The van der Waals surface area contributed by atoms with E-state index in [-0.39, 0.29) is 12.1 Å². The summed E-state index contributed by atoms with van der Waals surface area (Å²) >= 11 is 0. The van der Waals surface area contributed by atoms with Gasteiger partial charge in [-0.3, -0.25) is 19.7 Å². The average molecular weight is 235 g/mol. The van der Waals surface area contributed by atoms with Crippen molar-refractivity contribution in [3.05, 3.63) is 24.3 Å². The normalized spacial score (nSPS) is 23.2. The van der Waals surface area contributed by atoms with Gasteiger partial charge < -0.3 is 5.11 Å². The van der Waals surface area contributed by atoms with Gasteiger partial charge in [0.2, 0.25) is 0 Å². The van der Waals surface area contributed by atoms with Gasteiger partial charge in [0.15, 0.2) is 0 Å². The highest BCUT2D eigenvalue weighted by molar-refractivity contribution is 5.73. The number of carboxylic acid groups (broad SMARTS) is 1. The van der Waals surface area contributed by atoms with Crippen molar-refractivity contribution in [1.29, 1.82) is 0 Å². The van der Waals surface area contributed by atoms with Gasteiger partial charge >= 0.3 is 5.97 Å². The van der Waals surface area contributed by atoms with Gasteiger partial charge in [-0.1, -0.05) is 6.42 Å². The van der Waals surface area contributed by atoms with Crippen LogP contribution >= 0.6 is 0 Å². The zero-order chi connectivity index (χ0) is 12.3. The molecule has 2 atom stereocenters. The molecular weight excluding hydrogens is 218 g/mol. The van der Waals surface area contributed by atoms with E-state index < -0.39 is 5.97 Å². The van der Waals surface area contributed by atoms with Crippen molar-refractivity contribution in [2.75, 3.05) is 6.54 Å². The summed E-state index contributed by atoms with van der Waals surface area (Å²) < 4.78 is 0. The molecule has 1 aromatic rings. The van der Waals surface area contributed by atoms with E-state index in [4.69, 9.17) is 0 Å². The molecule has 2 heterocycles. The summed E-state index contributed by atoms with van der Waals surface area (Å²) in [4.78, 5) is 21.5. The first-order chi connectivity index (χ1) is 8.20. The van der Waals surface area contributed by atoms with Crippen LogP contribution in [0.3, 0.4) is 0 Å². The Labute approximate surface area is 100 Å². The number of hydrogen-bond donors (Lipinski definition) is 1. The molecule has 1 saturated heterocycles. The molecule has 5 nitrogen and oxygen atoms in total. The van der Waals surface area contributed by atoms with Crippen LogP contribution in [0, 0.1) is 0 Å². The lowest BCUT2D eigenvalue weighted by Gasteiger charge is -2.37. The second kappa shape index (κ2) is 5.23. The molecule has 1 fully saturated rings. The summed E-state index contributed by atoms with van der Waals surface area (Å²) in [6.07, 6.45) is 7.74. The van der Waals surface area contributed by atoms with Crippen molar-refractivity contribution in [1.82, 2.24) is 14.9 Å². The lowest BCUT2D eigenvalue weighted by atomic mass is 9.99. The summed E-state index contributed by atoms with van der Waals surface area (Å²) in [7, 11) is 0. The number of hydrogen-bond acceptors (Lipinski definition) is 4. The van der Waals surface area contributed by atoms with Gasteiger partial charge in [0, 0.05) is 18.6 Å². The lowest BCUT2D eigenvalue weighted by Crippen LogP contribution is -2.45. The third-order valence-electron chi connectivity index (χ3n) is 3.34. The third kappa shape index (κ3) is 2.61. The summed E-state index contributed by atoms with van der Waals surface area (Å²) in [6.45, 7) is 2.81. The third-order valence-corrected chi connectivity index (χ3v) is 3.34. The number of aliphatic carboxylic acids is 1. The predicted molar refractivity (Wildman–Crippen MR) is 62.4 cm³/mol. The second-order valence-corrected chi connectivity index (χ2v) is 4.39. The Bertz CT molecular complexity index is 383. The minimum Gasteiger partial charge on any atom is -0.480 e. The highest BCUT2D eigenvalue weighted by atomic mass is 16.4. The molecule has 2 rings (SSSR count). The van der Waals surface area contributed by atoms with Crippen molar-refractivity contribution in [3.8, 4) is 0 Å². The topological polar surface area (TPSA) is 66.3 Å². The summed E-state index contributed by atoms with van der Waals surface area (Å²) in [5.41, 5.74) is 0.834. The molecule has 1 aliphatic heterocycles. The number of piperidine rings is 1. The number of aromatic nitrogens is 2. The van der Waals surface area contributed by atoms with Crippen LogP contribution in [0.25, 0.3) is 0 Å². The fourth-order valence-corrected chi connectivity index (χ4v) is 2.38. The maximum absolute atomic E-state index is 11.2. The van der Waals surface area contributed by atoms with E-state index in [1.54, 1.807) is 18.6 Å². The fourth-order valence-electron chi connectivity index (χ4n) is 2.38. The van der Waals surface area contributed by atoms with Crippen LogP contribution in [0.15, 0.2) is 18.6 Å². The molecule has 0 amide bonds. The van der Waals surface area contributed by atoms with Crippen LogP contribution in [-0.4, -0.2) is 38.5 Å². The molecule has 0 radical (unpaired) electrons. The first-order valence-electron chi connectivity index (χ1n) is 5.94. The smallest absolute Gasteiger partial charge is 0.320 e. The second-order valence-electron chi connectivity index (χ2n) is 4.39. The molecule has 0 aliphatic carbocycles. The van der Waals surface area contributed by atoms with Crippen molar-refractivity contribution in [2.24, 2.45) is 0 Å². The number of nitrogens with zero attached hydrogens (tertiary/aromatic N) is 3. The quantitative estimate of drug-likeness (QED) is 0.859. The van der Waals surface area contributed by atoms with Crippen LogP contribution < -0.4 is 0 Å². The zero-order valence-electron chi connectivity index (χ0n) is 9.91. The Morgan fingerprint density at radius 2 is 2.35 bits per heavy atom. The highest BCUT2D eigenvalue weighted by Crippen LogP contribution is 2.26. The maximum Gasteiger partial charge on any atom is 0.320 e. The van der Waals surface area contributed by atoms with E-state index in [1.807, 2.05) is 11.8 Å². The molecule has 92 valence electrons. The minimum absolute atomic E-state index is 0.00472. The standard InChI is InChI=1S/C12H17N3O2/c1-9(10-8-13-5-6-14-10)15-7-3-2-4-11(15)12(16)17/h5-6,8-9,11H,2-4,7H2,1H3,(H,16,17)/t9-,11-/m1/s1. The molecule has 0 unspecified atom stereocenters. The summed E-state index contributed by atoms with van der Waals surface area (Å²) in [6, 6.07) is -0.383. The van der Waals surface area contributed by atoms with Crippen LogP contribution in [0.5, 0.6) is 0 Å². The molecule has 1 aliphatic rings. The fraction of sp³-hybridized carbons (Fsp3) is 0.583. The van der Waals surface area contributed by atoms with Crippen LogP contribution in [0.1, 0.15) is 37.9 Å². The largest absolute Gasteiger partial charge is 0.480 e. The molecule has 0 aromatic carbocycles. The molecule has 5 heteroatoms. The Morgan fingerprint density at radius 3 is 3.00 bits per heavy atom. The summed E-state index contributed by atoms with van der Waals surface area (Å²) in [5, 5.41) is 9.23. The van der Waals surface area contributed by atoms with Gasteiger partial charge in [-0.15, -0.1) is 0 Å². The Balaban J connectivity index is 2.16. The SMILES string of the molecule is C[C@H](c1cnccn1)N1CCCC[C@@H]1C(=O)O. The number of rotatable bonds is 3. The highest BCUT2D eigenvalue weighted by Gasteiger charge is 2.32. The van der Waals surface area contributed by atoms with Crippen LogP contribution in [-0.2, 0) is 4.79 Å². The van der Waals surface area contributed by atoms with E-state index >= 15 is 0 Å². The van der Waals surface area contributed by atoms with Crippen LogP contribution in [0.2, 0.25) is 0 Å². The van der Waals surface area contributed by atoms with E-state index in [9.17, 15) is 9.90 Å².